The van der Waals surface area contributed by atoms with E-state index >= 15 is 0 Å². The van der Waals surface area contributed by atoms with Crippen LogP contribution in [-0.2, 0) is 4.79 Å². The number of aliphatic hydroxyl groups is 1. The van der Waals surface area contributed by atoms with Gasteiger partial charge in [-0.25, -0.2) is 9.18 Å². The second kappa shape index (κ2) is 5.29. The molecule has 1 aliphatic carbocycles. The van der Waals surface area contributed by atoms with Crippen molar-refractivity contribution >= 4 is 34.2 Å². The summed E-state index contributed by atoms with van der Waals surface area (Å²) >= 11 is 0. The summed E-state index contributed by atoms with van der Waals surface area (Å²) in [6.07, 6.45) is 2.35. The Hall–Kier alpha value is -2.94. The first kappa shape index (κ1) is 16.2. The molecule has 27 heavy (non-hydrogen) atoms. The van der Waals surface area contributed by atoms with Crippen LogP contribution in [0.5, 0.6) is 0 Å². The van der Waals surface area contributed by atoms with Gasteiger partial charge in [-0.15, -0.1) is 0 Å². The maximum atomic E-state index is 15.0. The van der Waals surface area contributed by atoms with Crippen molar-refractivity contribution in [3.63, 3.8) is 0 Å². The third kappa shape index (κ3) is 2.21. The number of fused-ring (bicyclic) bond motifs is 5. The van der Waals surface area contributed by atoms with E-state index in [2.05, 4.69) is 5.32 Å². The fourth-order valence-electron chi connectivity index (χ4n) is 4.19. The van der Waals surface area contributed by atoms with E-state index in [1.54, 1.807) is 4.57 Å². The van der Waals surface area contributed by atoms with Crippen LogP contribution in [0, 0.1) is 5.82 Å². The molecule has 0 radical (unpaired) electrons. The molecule has 3 heterocycles. The van der Waals surface area contributed by atoms with Crippen molar-refractivity contribution in [2.75, 3.05) is 16.8 Å². The van der Waals surface area contributed by atoms with Crippen molar-refractivity contribution in [2.45, 2.75) is 37.5 Å². The number of hydrogen-bond acceptors (Lipinski definition) is 5. The lowest BCUT2D eigenvalue weighted by Crippen LogP contribution is -2.44. The van der Waals surface area contributed by atoms with Gasteiger partial charge < -0.3 is 25.0 Å². The summed E-state index contributed by atoms with van der Waals surface area (Å²) in [5.74, 6) is -2.47. The maximum Gasteiger partial charge on any atom is 0.341 e. The molecule has 5 rings (SSSR count). The van der Waals surface area contributed by atoms with Crippen LogP contribution in [0.1, 0.15) is 35.7 Å². The molecule has 0 spiro atoms. The molecular weight excluding hydrogens is 357 g/mol. The van der Waals surface area contributed by atoms with Gasteiger partial charge in [0.25, 0.3) is 0 Å². The molecule has 2 aromatic rings. The molecule has 1 saturated heterocycles. The number of rotatable bonds is 2. The predicted molar refractivity (Wildman–Crippen MR) is 93.8 cm³/mol. The Kier molecular flexibility index (Phi) is 3.18. The molecule has 0 bridgehead atoms. The molecule has 2 aliphatic heterocycles. The minimum atomic E-state index is -1.37. The summed E-state index contributed by atoms with van der Waals surface area (Å²) in [5, 5.41) is 21.9. The Morgan fingerprint density at radius 2 is 2.04 bits per heavy atom. The third-order valence-electron chi connectivity index (χ3n) is 5.53. The van der Waals surface area contributed by atoms with E-state index in [0.717, 1.165) is 18.9 Å². The Bertz CT molecular complexity index is 1090. The van der Waals surface area contributed by atoms with Gasteiger partial charge in [0.1, 0.15) is 17.4 Å². The van der Waals surface area contributed by atoms with Crippen molar-refractivity contribution in [3.05, 3.63) is 33.9 Å². The molecule has 1 saturated carbocycles. The van der Waals surface area contributed by atoms with Gasteiger partial charge in [-0.1, -0.05) is 0 Å². The monoisotopic (exact) mass is 373 g/mol. The van der Waals surface area contributed by atoms with Crippen LogP contribution >= 0.6 is 0 Å². The lowest BCUT2D eigenvalue weighted by atomic mass is 10.0. The van der Waals surface area contributed by atoms with Gasteiger partial charge in [0.2, 0.25) is 11.3 Å². The quantitative estimate of drug-likeness (QED) is 0.726. The van der Waals surface area contributed by atoms with Crippen molar-refractivity contribution in [3.8, 4) is 0 Å². The van der Waals surface area contributed by atoms with Crippen molar-refractivity contribution in [1.29, 1.82) is 0 Å². The molecule has 1 aromatic carbocycles. The average molecular weight is 373 g/mol. The van der Waals surface area contributed by atoms with Crippen LogP contribution in [-0.4, -0.2) is 45.3 Å². The van der Waals surface area contributed by atoms with Crippen LogP contribution in [0.2, 0.25) is 0 Å². The fourth-order valence-corrected chi connectivity index (χ4v) is 4.19. The molecular formula is C18H16FN3O5. The Morgan fingerprint density at radius 3 is 2.70 bits per heavy atom. The van der Waals surface area contributed by atoms with Crippen LogP contribution in [0.4, 0.5) is 15.8 Å². The molecule has 2 atom stereocenters. The van der Waals surface area contributed by atoms with Gasteiger partial charge in [-0.3, -0.25) is 9.59 Å². The average Bonchev–Trinajstić information content (AvgIpc) is 3.36. The Balaban J connectivity index is 1.87. The lowest BCUT2D eigenvalue weighted by Gasteiger charge is -2.34. The van der Waals surface area contributed by atoms with Crippen LogP contribution in [0.25, 0.3) is 10.9 Å². The number of pyridine rings is 1. The third-order valence-corrected chi connectivity index (χ3v) is 5.53. The molecule has 3 aliphatic rings. The summed E-state index contributed by atoms with van der Waals surface area (Å²) < 4.78 is 16.6. The van der Waals surface area contributed by atoms with E-state index in [9.17, 15) is 29.0 Å². The second-order valence-corrected chi connectivity index (χ2v) is 7.34. The highest BCUT2D eigenvalue weighted by Gasteiger charge is 2.43. The van der Waals surface area contributed by atoms with Gasteiger partial charge in [-0.05, 0) is 18.9 Å². The Morgan fingerprint density at radius 1 is 1.30 bits per heavy atom. The van der Waals surface area contributed by atoms with E-state index in [1.165, 1.54) is 11.1 Å². The molecule has 1 aromatic heterocycles. The van der Waals surface area contributed by atoms with E-state index in [1.807, 2.05) is 0 Å². The highest BCUT2D eigenvalue weighted by molar-refractivity contribution is 6.12. The number of carbonyl (C=O) groups excluding carboxylic acids is 1. The lowest BCUT2D eigenvalue weighted by molar-refractivity contribution is -0.117. The first-order chi connectivity index (χ1) is 12.9. The summed E-state index contributed by atoms with van der Waals surface area (Å²) in [6.45, 7) is 0.119. The molecule has 2 fully saturated rings. The number of nitrogens with zero attached hydrogens (tertiary/aromatic N) is 2. The molecule has 140 valence electrons. The van der Waals surface area contributed by atoms with Gasteiger partial charge in [0.15, 0.2) is 0 Å². The smallest absolute Gasteiger partial charge is 0.341 e. The number of carboxylic acid groups (broad SMARTS) is 1. The molecule has 3 N–H and O–H groups in total. The Labute approximate surface area is 151 Å². The van der Waals surface area contributed by atoms with Crippen LogP contribution in [0.3, 0.4) is 0 Å². The topological polar surface area (TPSA) is 112 Å². The minimum Gasteiger partial charge on any atom is -0.477 e. The van der Waals surface area contributed by atoms with Crippen molar-refractivity contribution in [2.24, 2.45) is 0 Å². The molecule has 9 heteroatoms. The SMILES string of the molecule is O=C(O)c1cn(C2CC2)c2c3c(c(F)cc2c1=O)N1C[C@H](O)C[C@H]1C(=O)N3. The first-order valence-electron chi connectivity index (χ1n) is 8.77. The largest absolute Gasteiger partial charge is 0.477 e. The zero-order valence-electron chi connectivity index (χ0n) is 14.1. The van der Waals surface area contributed by atoms with Gasteiger partial charge in [-0.2, -0.15) is 0 Å². The first-order valence-corrected chi connectivity index (χ1v) is 8.77. The summed E-state index contributed by atoms with van der Waals surface area (Å²) in [4.78, 5) is 38.2. The van der Waals surface area contributed by atoms with Crippen LogP contribution in [0.15, 0.2) is 17.1 Å². The molecule has 0 unspecified atom stereocenters. The van der Waals surface area contributed by atoms with Crippen molar-refractivity contribution < 1.29 is 24.2 Å². The highest BCUT2D eigenvalue weighted by atomic mass is 19.1. The number of aromatic nitrogens is 1. The summed E-state index contributed by atoms with van der Waals surface area (Å²) in [6, 6.07) is 0.375. The predicted octanol–water partition coefficient (Wildman–Crippen LogP) is 1.07. The highest BCUT2D eigenvalue weighted by Crippen LogP contribution is 2.45. The number of aromatic carboxylic acids is 1. The van der Waals surface area contributed by atoms with E-state index in [0.29, 0.717) is 5.52 Å². The zero-order valence-corrected chi connectivity index (χ0v) is 14.1. The summed E-state index contributed by atoms with van der Waals surface area (Å²) in [5.41, 5.74) is -0.571. The number of benzene rings is 1. The van der Waals surface area contributed by atoms with Crippen LogP contribution < -0.4 is 15.6 Å². The second-order valence-electron chi connectivity index (χ2n) is 7.34. The van der Waals surface area contributed by atoms with Crippen molar-refractivity contribution in [1.82, 2.24) is 4.57 Å². The van der Waals surface area contributed by atoms with E-state index < -0.39 is 34.9 Å². The number of aliphatic hydroxyl groups excluding tert-OH is 1. The number of carboxylic acids is 1. The number of amides is 1. The van der Waals surface area contributed by atoms with E-state index in [-0.39, 0.29) is 41.7 Å². The maximum absolute atomic E-state index is 15.0. The number of nitrogens with one attached hydrogen (secondary N) is 1. The van der Waals surface area contributed by atoms with Gasteiger partial charge >= 0.3 is 5.97 Å². The van der Waals surface area contributed by atoms with Gasteiger partial charge in [0.05, 0.1) is 28.4 Å². The van der Waals surface area contributed by atoms with Gasteiger partial charge in [0, 0.05) is 25.2 Å². The number of hydrogen-bond donors (Lipinski definition) is 3. The number of anilines is 2. The minimum absolute atomic E-state index is 0.000412. The normalized spacial score (nSPS) is 23.9. The molecule has 1 amide bonds. The number of halogens is 1. The number of carbonyl (C=O) groups is 2. The zero-order chi connectivity index (χ0) is 19.0. The van der Waals surface area contributed by atoms with E-state index in [4.69, 9.17) is 0 Å². The molecule has 8 nitrogen and oxygen atoms in total. The fraction of sp³-hybridized carbons (Fsp3) is 0.389. The summed E-state index contributed by atoms with van der Waals surface area (Å²) in [7, 11) is 0. The standard InChI is InChI=1S/C18H16FN3O5/c19-11-4-9-14(21(7-1-2-7)6-10(16(9)24)18(26)27)13-15(11)22-5-8(23)3-12(22)17(25)20-13/h4,6-8,12,23H,1-3,5H2,(H,20,25)(H,26,27)/t8-,12+/m1/s1.